The SMILES string of the molecule is Cc1ccc(S(=O)(=O)N/N=C(/c2ccccc2)[C@H]2[C@@H](c3ccccc3)N2C(C)C)cc1. The maximum atomic E-state index is 12.9. The van der Waals surface area contributed by atoms with Crippen molar-refractivity contribution in [3.8, 4) is 0 Å². The summed E-state index contributed by atoms with van der Waals surface area (Å²) in [5.74, 6) is 0. The molecule has 0 radical (unpaired) electrons. The molecule has 160 valence electrons. The molecule has 0 aromatic heterocycles. The summed E-state index contributed by atoms with van der Waals surface area (Å²) in [7, 11) is -3.76. The van der Waals surface area contributed by atoms with Crippen LogP contribution in [0.1, 0.15) is 36.6 Å². The van der Waals surface area contributed by atoms with Crippen molar-refractivity contribution >= 4 is 15.7 Å². The van der Waals surface area contributed by atoms with Crippen molar-refractivity contribution in [3.05, 3.63) is 102 Å². The molecule has 0 aliphatic carbocycles. The molecule has 5 nitrogen and oxygen atoms in total. The molecular weight excluding hydrogens is 406 g/mol. The first-order valence-electron chi connectivity index (χ1n) is 10.4. The maximum absolute atomic E-state index is 12.9. The van der Waals surface area contributed by atoms with Gasteiger partial charge in [-0.1, -0.05) is 78.4 Å². The van der Waals surface area contributed by atoms with Gasteiger partial charge in [0, 0.05) is 6.04 Å². The lowest BCUT2D eigenvalue weighted by molar-refractivity contribution is 0.415. The van der Waals surface area contributed by atoms with E-state index in [1.54, 1.807) is 24.3 Å². The van der Waals surface area contributed by atoms with E-state index < -0.39 is 10.0 Å². The number of hydrogen-bond acceptors (Lipinski definition) is 4. The van der Waals surface area contributed by atoms with Gasteiger partial charge in [0.25, 0.3) is 10.0 Å². The van der Waals surface area contributed by atoms with Crippen molar-refractivity contribution in [2.45, 2.75) is 43.8 Å². The third-order valence-corrected chi connectivity index (χ3v) is 6.78. The lowest BCUT2D eigenvalue weighted by Gasteiger charge is -2.11. The monoisotopic (exact) mass is 433 g/mol. The van der Waals surface area contributed by atoms with Crippen LogP contribution in [0, 0.1) is 6.92 Å². The molecule has 3 aromatic rings. The van der Waals surface area contributed by atoms with E-state index in [9.17, 15) is 8.42 Å². The number of nitrogens with zero attached hydrogens (tertiary/aromatic N) is 2. The number of aryl methyl sites for hydroxylation is 1. The average Bonchev–Trinajstić information content (AvgIpc) is 3.51. The second-order valence-electron chi connectivity index (χ2n) is 8.11. The molecule has 31 heavy (non-hydrogen) atoms. The van der Waals surface area contributed by atoms with Crippen LogP contribution >= 0.6 is 0 Å². The van der Waals surface area contributed by atoms with Crippen LogP contribution in [0.5, 0.6) is 0 Å². The molecule has 4 rings (SSSR count). The minimum atomic E-state index is -3.76. The Morgan fingerprint density at radius 1 is 0.903 bits per heavy atom. The minimum absolute atomic E-state index is 0.00878. The smallest absolute Gasteiger partial charge is 0.276 e. The molecule has 0 saturated carbocycles. The zero-order valence-electron chi connectivity index (χ0n) is 17.9. The molecule has 1 aliphatic heterocycles. The molecule has 3 atom stereocenters. The summed E-state index contributed by atoms with van der Waals surface area (Å²) in [6, 6.07) is 27.2. The summed E-state index contributed by atoms with van der Waals surface area (Å²) >= 11 is 0. The van der Waals surface area contributed by atoms with Crippen molar-refractivity contribution < 1.29 is 8.42 Å². The summed E-state index contributed by atoms with van der Waals surface area (Å²) in [6.45, 7) is 6.22. The Balaban J connectivity index is 1.71. The molecule has 1 fully saturated rings. The maximum Gasteiger partial charge on any atom is 0.276 e. The number of nitrogens with one attached hydrogen (secondary N) is 1. The molecule has 6 heteroatoms. The Kier molecular flexibility index (Phi) is 5.94. The van der Waals surface area contributed by atoms with Crippen molar-refractivity contribution in [3.63, 3.8) is 0 Å². The van der Waals surface area contributed by atoms with Crippen LogP contribution in [0.15, 0.2) is 94.9 Å². The topological polar surface area (TPSA) is 61.5 Å². The number of rotatable bonds is 7. The second-order valence-corrected chi connectivity index (χ2v) is 9.77. The second kappa shape index (κ2) is 8.65. The lowest BCUT2D eigenvalue weighted by atomic mass is 10.0. The molecule has 1 heterocycles. The van der Waals surface area contributed by atoms with Crippen LogP contribution < -0.4 is 4.83 Å². The Bertz CT molecular complexity index is 1160. The van der Waals surface area contributed by atoms with E-state index in [0.717, 1.165) is 16.8 Å². The van der Waals surface area contributed by atoms with E-state index in [2.05, 4.69) is 40.8 Å². The van der Waals surface area contributed by atoms with Crippen LogP contribution in [0.4, 0.5) is 0 Å². The van der Waals surface area contributed by atoms with Crippen molar-refractivity contribution in [2.24, 2.45) is 5.10 Å². The van der Waals surface area contributed by atoms with Gasteiger partial charge in [0.2, 0.25) is 0 Å². The number of hydrogen-bond donors (Lipinski definition) is 1. The Morgan fingerprint density at radius 2 is 1.48 bits per heavy atom. The molecule has 3 aromatic carbocycles. The molecule has 0 bridgehead atoms. The molecule has 1 saturated heterocycles. The highest BCUT2D eigenvalue weighted by Crippen LogP contribution is 2.46. The van der Waals surface area contributed by atoms with Gasteiger partial charge < -0.3 is 0 Å². The van der Waals surface area contributed by atoms with Crippen LogP contribution in [0.2, 0.25) is 0 Å². The van der Waals surface area contributed by atoms with Gasteiger partial charge in [0.15, 0.2) is 0 Å². The van der Waals surface area contributed by atoms with E-state index in [-0.39, 0.29) is 23.0 Å². The zero-order chi connectivity index (χ0) is 22.0. The largest absolute Gasteiger partial charge is 0.282 e. The molecule has 0 spiro atoms. The summed E-state index contributed by atoms with van der Waals surface area (Å²) in [4.78, 5) is 5.03. The van der Waals surface area contributed by atoms with Gasteiger partial charge in [0.05, 0.1) is 22.7 Å². The third kappa shape index (κ3) is 4.55. The first kappa shape index (κ1) is 21.3. The quantitative estimate of drug-likeness (QED) is 0.339. The normalized spacial score (nSPS) is 21.2. The fourth-order valence-corrected chi connectivity index (χ4v) is 4.79. The van der Waals surface area contributed by atoms with Crippen molar-refractivity contribution in [1.29, 1.82) is 0 Å². The summed E-state index contributed by atoms with van der Waals surface area (Å²) in [5, 5.41) is 4.47. The van der Waals surface area contributed by atoms with Gasteiger partial charge in [-0.2, -0.15) is 18.4 Å². The van der Waals surface area contributed by atoms with E-state index in [0.29, 0.717) is 0 Å². The number of hydrazone groups is 1. The van der Waals surface area contributed by atoms with Crippen LogP contribution in [0.3, 0.4) is 0 Å². The predicted molar refractivity (Wildman–Crippen MR) is 124 cm³/mol. The molecular formula is C25H27N3O2S. The summed E-state index contributed by atoms with van der Waals surface area (Å²) < 4.78 is 25.7. The Hall–Kier alpha value is -2.96. The highest BCUT2D eigenvalue weighted by Gasteiger charge is 2.53. The van der Waals surface area contributed by atoms with E-state index >= 15 is 0 Å². The lowest BCUT2D eigenvalue weighted by Crippen LogP contribution is -2.25. The molecule has 1 unspecified atom stereocenters. The average molecular weight is 434 g/mol. The fourth-order valence-electron chi connectivity index (χ4n) is 3.98. The first-order chi connectivity index (χ1) is 14.9. The van der Waals surface area contributed by atoms with Gasteiger partial charge in [-0.3, -0.25) is 4.90 Å². The molecule has 1 aliphatic rings. The Morgan fingerprint density at radius 3 is 2.06 bits per heavy atom. The van der Waals surface area contributed by atoms with E-state index in [4.69, 9.17) is 0 Å². The van der Waals surface area contributed by atoms with Crippen molar-refractivity contribution in [1.82, 2.24) is 9.73 Å². The van der Waals surface area contributed by atoms with Gasteiger partial charge in [0.1, 0.15) is 0 Å². The van der Waals surface area contributed by atoms with E-state index in [1.165, 1.54) is 5.56 Å². The van der Waals surface area contributed by atoms with Gasteiger partial charge in [-0.25, -0.2) is 0 Å². The first-order valence-corrected chi connectivity index (χ1v) is 11.9. The van der Waals surface area contributed by atoms with Crippen molar-refractivity contribution in [2.75, 3.05) is 0 Å². The van der Waals surface area contributed by atoms with Crippen LogP contribution in [0.25, 0.3) is 0 Å². The third-order valence-electron chi connectivity index (χ3n) is 5.56. The number of sulfonamides is 1. The summed E-state index contributed by atoms with van der Waals surface area (Å²) in [5.41, 5.74) is 3.83. The Labute approximate surface area is 184 Å². The molecule has 1 N–H and O–H groups in total. The predicted octanol–water partition coefficient (Wildman–Crippen LogP) is 4.51. The van der Waals surface area contributed by atoms with Gasteiger partial charge in [-0.05, 0) is 44.0 Å². The van der Waals surface area contributed by atoms with Crippen LogP contribution in [-0.2, 0) is 10.0 Å². The highest BCUT2D eigenvalue weighted by molar-refractivity contribution is 7.89. The standard InChI is InChI=1S/C25H27N3O2S/c1-18(2)28-24(21-12-8-5-9-13-21)25(28)23(20-10-6-4-7-11-20)26-27-31(29,30)22-16-14-19(3)15-17-22/h4-18,24-25,27H,1-3H3/b26-23-/t24-,25+,28?/m1/s1. The minimum Gasteiger partial charge on any atom is -0.282 e. The summed E-state index contributed by atoms with van der Waals surface area (Å²) in [6.07, 6.45) is 0. The molecule has 0 amide bonds. The number of benzene rings is 3. The van der Waals surface area contributed by atoms with Gasteiger partial charge >= 0.3 is 0 Å². The van der Waals surface area contributed by atoms with Gasteiger partial charge in [-0.15, -0.1) is 0 Å². The fraction of sp³-hybridized carbons (Fsp3) is 0.240. The highest BCUT2D eigenvalue weighted by atomic mass is 32.2. The van der Waals surface area contributed by atoms with Crippen LogP contribution in [-0.4, -0.2) is 31.1 Å². The van der Waals surface area contributed by atoms with E-state index in [1.807, 2.05) is 55.5 Å². The zero-order valence-corrected chi connectivity index (χ0v) is 18.8.